The molecular weight excluding hydrogens is 1770 g/mol. The molecule has 4 atom stereocenters. The number of aryl methyl sites for hydroxylation is 4. The maximum atomic E-state index is 14.5. The Balaban J connectivity index is 0.000000173. The molecule has 0 saturated carbocycles. The quantitative estimate of drug-likeness (QED) is 0.0196. The molecule has 0 aliphatic heterocycles. The van der Waals surface area contributed by atoms with E-state index in [0.717, 1.165) is 155 Å². The van der Waals surface area contributed by atoms with Gasteiger partial charge in [-0.25, -0.2) is 4.79 Å². The molecule has 1 aliphatic carbocycles. The number of aliphatic carboxylic acids is 1. The number of alkyl carbamates (subject to hydrolysis) is 1. The predicted molar refractivity (Wildman–Crippen MR) is 561 cm³/mol. The summed E-state index contributed by atoms with van der Waals surface area (Å²) in [6.07, 6.45) is 14.7. The fraction of sp³-hybridized carbons (Fsp3) is 0.264. The lowest BCUT2D eigenvalue weighted by molar-refractivity contribution is -0.137. The van der Waals surface area contributed by atoms with Crippen LogP contribution in [0.3, 0.4) is 0 Å². The van der Waals surface area contributed by atoms with Gasteiger partial charge in [0.1, 0.15) is 27.7 Å². The Kier molecular flexibility index (Phi) is 40.2. The summed E-state index contributed by atoms with van der Waals surface area (Å²) in [5.41, 5.74) is 23.2. The first-order chi connectivity index (χ1) is 65.6. The van der Waals surface area contributed by atoms with E-state index < -0.39 is 33.2 Å². The second-order valence-electron chi connectivity index (χ2n) is 34.7. The monoisotopic (exact) mass is 1890 g/mol. The van der Waals surface area contributed by atoms with Gasteiger partial charge >= 0.3 is 12.1 Å². The van der Waals surface area contributed by atoms with Crippen LogP contribution < -0.4 is 11.1 Å². The molecule has 1 amide bonds. The van der Waals surface area contributed by atoms with E-state index >= 15 is 0 Å². The number of fused-ring (bicyclic) bond motifs is 3. The van der Waals surface area contributed by atoms with Gasteiger partial charge in [0, 0.05) is 63.8 Å². The summed E-state index contributed by atoms with van der Waals surface area (Å²) in [6, 6.07) is 121. The molecule has 4 N–H and O–H groups in total. The van der Waals surface area contributed by atoms with Crippen LogP contribution in [0.15, 0.2) is 364 Å². The highest BCUT2D eigenvalue weighted by atomic mass is 35.5. The number of carbonyl (C=O) groups is 5. The first kappa shape index (κ1) is 104. The van der Waals surface area contributed by atoms with E-state index in [2.05, 4.69) is 137 Å². The van der Waals surface area contributed by atoms with Crippen LogP contribution in [0.25, 0.3) is 11.1 Å². The number of hydrogen-bond acceptors (Lipinski definition) is 7. The van der Waals surface area contributed by atoms with Gasteiger partial charge in [0.15, 0.2) is 17.3 Å². The second kappa shape index (κ2) is 52.4. The Bertz CT molecular complexity index is 5880. The minimum absolute atomic E-state index is 0.0284. The molecule has 14 aromatic carbocycles. The summed E-state index contributed by atoms with van der Waals surface area (Å²) in [7, 11) is 0. The number of carboxylic acids is 1. The van der Waals surface area contributed by atoms with Crippen molar-refractivity contribution >= 4 is 87.4 Å². The third-order valence-electron chi connectivity index (χ3n) is 25.3. The third-order valence-corrected chi connectivity index (χ3v) is 27.3. The van der Waals surface area contributed by atoms with Crippen molar-refractivity contribution in [3.8, 4) is 11.1 Å². The average Bonchev–Trinajstić information content (AvgIpc) is 1.07. The molecule has 135 heavy (non-hydrogen) atoms. The number of Topliss-reactive ketones (excluding diaryl/α,β-unsaturated/α-hetero) is 3. The van der Waals surface area contributed by atoms with E-state index in [9.17, 15) is 24.0 Å². The topological polar surface area (TPSA) is 153 Å². The number of nitrogens with two attached hydrogens (primary N) is 1. The number of benzene rings is 14. The van der Waals surface area contributed by atoms with Crippen molar-refractivity contribution in [1.82, 2.24) is 5.32 Å². The summed E-state index contributed by atoms with van der Waals surface area (Å²) in [5, 5.41) is 13.6. The van der Waals surface area contributed by atoms with Crippen molar-refractivity contribution < 1.29 is 33.8 Å². The lowest BCUT2D eigenvalue weighted by Gasteiger charge is -2.35. The lowest BCUT2D eigenvalue weighted by atomic mass is 9.65. The number of halogens is 5. The van der Waals surface area contributed by atoms with Crippen molar-refractivity contribution in [2.24, 2.45) is 5.73 Å². The fourth-order valence-corrected chi connectivity index (χ4v) is 19.9. The van der Waals surface area contributed by atoms with Crippen molar-refractivity contribution in [3.63, 3.8) is 0 Å². The zero-order valence-electron chi connectivity index (χ0n) is 78.4. The second-order valence-corrected chi connectivity index (χ2v) is 36.9. The molecule has 15 rings (SSSR count). The van der Waals surface area contributed by atoms with Crippen molar-refractivity contribution in [3.05, 3.63) is 484 Å². The van der Waals surface area contributed by atoms with E-state index in [1.165, 1.54) is 39.8 Å². The van der Waals surface area contributed by atoms with Crippen LogP contribution >= 0.6 is 58.0 Å². The summed E-state index contributed by atoms with van der Waals surface area (Å²) in [4.78, 5) is 64.3. The van der Waals surface area contributed by atoms with Crippen LogP contribution in [0.2, 0.25) is 20.1 Å². The Morgan fingerprint density at radius 3 is 0.904 bits per heavy atom. The normalized spacial score (nSPS) is 13.0. The van der Waals surface area contributed by atoms with Crippen molar-refractivity contribution in [2.45, 2.75) is 184 Å². The van der Waals surface area contributed by atoms with Gasteiger partial charge in [0.2, 0.25) is 0 Å². The van der Waals surface area contributed by atoms with Gasteiger partial charge < -0.3 is 20.9 Å². The number of alkyl halides is 1. The molecule has 0 fully saturated rings. The van der Waals surface area contributed by atoms with Crippen LogP contribution in [0.5, 0.6) is 0 Å². The first-order valence-electron chi connectivity index (χ1n) is 47.4. The number of ether oxygens (including phenoxy) is 1. The van der Waals surface area contributed by atoms with E-state index in [1.54, 1.807) is 0 Å². The summed E-state index contributed by atoms with van der Waals surface area (Å²) >= 11 is 33.9. The Morgan fingerprint density at radius 1 is 0.311 bits per heavy atom. The molecule has 4 unspecified atom stereocenters. The molecular formula is C121H125Cl5N2O7. The fourth-order valence-electron chi connectivity index (χ4n) is 18.3. The third kappa shape index (κ3) is 26.1. The van der Waals surface area contributed by atoms with Crippen molar-refractivity contribution in [1.29, 1.82) is 0 Å². The molecule has 0 aromatic heterocycles. The highest BCUT2D eigenvalue weighted by molar-refractivity contribution is 6.35. The molecule has 696 valence electrons. The molecule has 0 radical (unpaired) electrons. The number of amides is 1. The zero-order valence-corrected chi connectivity index (χ0v) is 82.2. The number of ketones is 3. The van der Waals surface area contributed by atoms with Crippen LogP contribution in [0.1, 0.15) is 235 Å². The molecule has 0 heterocycles. The molecule has 9 nitrogen and oxygen atoms in total. The minimum Gasteiger partial charge on any atom is -0.481 e. The molecule has 0 bridgehead atoms. The number of carboxylic acid groups (broad SMARTS) is 1. The van der Waals surface area contributed by atoms with Gasteiger partial charge in [-0.15, -0.1) is 11.6 Å². The number of carbonyl (C=O) groups excluding carboxylic acids is 4. The summed E-state index contributed by atoms with van der Waals surface area (Å²) in [6.45, 7) is 14.0. The standard InChI is InChI=1S/C41H38ClNO3.C27H29ClO.C26H28ClNO.C20H16Cl2.C7H14O2/c1-29-23-25-31(26-24-29)41(30-14-4-2-5-15-30,37-20-11-12-21-38(37)42)39(44)22-6-3-13-27-43-40(45)46-28-36-34-18-9-7-16-32(34)33-17-8-10-19-35(33)36;1-3-4-5-9-16-26(29)27(22-12-7-6-8-13-22,23-19-17-21(2)18-20-23)24-14-10-11-15-25(24)28;1-20-15-17-22(18-16-20)26(21-10-4-2-5-11-21,23-12-7-8-13-24(23)27)25(29)14-6-3-9-19-28;1-15-11-13-17(14-12-15)20(22,16-7-3-2-4-8-16)18-9-5-6-10-19(18)21;1-2-3-4-5-6-7(8)9/h2,4-5,7-12,14-21,23-26,36H,3,6,13,22,27-28H2,1H3,(H,43,45);6-8,10-15,17-20H,3-5,9,16H2,1-2H3;2,4-5,7-8,10-13,15-18H,3,6,9,14,19,28H2,1H3;2-14H,1H3;2-6H2,1H3,(H,8,9). The molecule has 1 aliphatic rings. The van der Waals surface area contributed by atoms with E-state index in [4.69, 9.17) is 73.6 Å². The highest BCUT2D eigenvalue weighted by Gasteiger charge is 2.48. The van der Waals surface area contributed by atoms with Gasteiger partial charge in [0.05, 0.1) is 0 Å². The number of hydrogen-bond donors (Lipinski definition) is 3. The SMILES string of the molecule is CCCCCCC(=O)C(c1ccccc1)(c1ccc(C)cc1)c1ccccc1Cl.CCCCCCC(=O)O.Cc1ccc(C(C(=O)CCCCCN)(c2ccccc2)c2ccccc2Cl)cc1.Cc1ccc(C(C(=O)CCCCCNC(=O)OCC2c3ccccc3-c3ccccc32)(c2ccccc2)c2ccccc2Cl)cc1.Cc1ccc(C(Cl)(c2ccccc2)c2ccccc2Cl)cc1. The van der Waals surface area contributed by atoms with Gasteiger partial charge in [-0.2, -0.15) is 0 Å². The van der Waals surface area contributed by atoms with E-state index in [-0.39, 0.29) is 29.9 Å². The zero-order chi connectivity index (χ0) is 96.0. The van der Waals surface area contributed by atoms with Gasteiger partial charge in [-0.1, -0.05) is 474 Å². The first-order valence-corrected chi connectivity index (χ1v) is 49.3. The van der Waals surface area contributed by atoms with Crippen LogP contribution in [-0.2, 0) is 45.0 Å². The van der Waals surface area contributed by atoms with Crippen LogP contribution in [0, 0.1) is 27.7 Å². The summed E-state index contributed by atoms with van der Waals surface area (Å²) < 4.78 is 5.68. The number of unbranched alkanes of at least 4 members (excludes halogenated alkanes) is 10. The van der Waals surface area contributed by atoms with Gasteiger partial charge in [-0.05, 0) is 180 Å². The molecule has 0 saturated heterocycles. The number of nitrogens with one attached hydrogen (secondary N) is 1. The maximum Gasteiger partial charge on any atom is 0.407 e. The Labute approximate surface area is 825 Å². The van der Waals surface area contributed by atoms with E-state index in [0.29, 0.717) is 65.3 Å². The highest BCUT2D eigenvalue weighted by Crippen LogP contribution is 2.51. The average molecular weight is 1900 g/mol. The lowest BCUT2D eigenvalue weighted by Crippen LogP contribution is -2.39. The smallest absolute Gasteiger partial charge is 0.407 e. The van der Waals surface area contributed by atoms with Crippen molar-refractivity contribution in [2.75, 3.05) is 19.7 Å². The van der Waals surface area contributed by atoms with Gasteiger partial charge in [-0.3, -0.25) is 19.2 Å². The van der Waals surface area contributed by atoms with Crippen LogP contribution in [-0.4, -0.2) is 54.2 Å². The van der Waals surface area contributed by atoms with Crippen LogP contribution in [0.4, 0.5) is 4.79 Å². The largest absolute Gasteiger partial charge is 0.481 e. The van der Waals surface area contributed by atoms with E-state index in [1.807, 2.05) is 274 Å². The maximum absolute atomic E-state index is 14.5. The molecule has 0 spiro atoms. The Hall–Kier alpha value is -11.8. The molecule has 14 heteroatoms. The summed E-state index contributed by atoms with van der Waals surface area (Å²) in [5.74, 6) is -0.179. The Morgan fingerprint density at radius 2 is 0.578 bits per heavy atom. The van der Waals surface area contributed by atoms with Gasteiger partial charge in [0.25, 0.3) is 0 Å². The minimum atomic E-state index is -1.03. The predicted octanol–water partition coefficient (Wildman–Crippen LogP) is 31.5. The molecule has 14 aromatic rings. The number of rotatable bonds is 38.